The molecule has 0 aliphatic carbocycles. The molecular formula is C13H15N3O3. The third-order valence-electron chi connectivity index (χ3n) is 2.69. The Hall–Kier alpha value is -2.50. The van der Waals surface area contributed by atoms with Crippen molar-refractivity contribution < 1.29 is 14.3 Å². The van der Waals surface area contributed by atoms with E-state index in [0.717, 1.165) is 5.69 Å². The number of aromatic amines is 1. The maximum absolute atomic E-state index is 12.0. The molecule has 0 bridgehead atoms. The van der Waals surface area contributed by atoms with E-state index in [4.69, 9.17) is 9.47 Å². The van der Waals surface area contributed by atoms with Gasteiger partial charge < -0.3 is 19.8 Å². The van der Waals surface area contributed by atoms with Gasteiger partial charge in [-0.3, -0.25) is 4.79 Å². The molecular weight excluding hydrogens is 246 g/mol. The highest BCUT2D eigenvalue weighted by Gasteiger charge is 2.13. The highest BCUT2D eigenvalue weighted by atomic mass is 16.5. The number of H-pyrrole nitrogens is 1. The molecule has 100 valence electrons. The molecule has 0 atom stereocenters. The molecule has 2 rings (SSSR count). The van der Waals surface area contributed by atoms with Gasteiger partial charge in [0.05, 0.1) is 20.5 Å². The highest BCUT2D eigenvalue weighted by molar-refractivity contribution is 6.03. The van der Waals surface area contributed by atoms with E-state index in [-0.39, 0.29) is 5.91 Å². The van der Waals surface area contributed by atoms with E-state index in [1.54, 1.807) is 39.3 Å². The number of nitrogens with one attached hydrogen (secondary N) is 2. The standard InChI is InChI=1S/C13H15N3O3/c1-8-12(15-7-14-8)13(17)16-9-4-5-10(18-2)11(6-9)19-3/h4-7H,1-3H3,(H,14,15)(H,16,17). The molecule has 19 heavy (non-hydrogen) atoms. The van der Waals surface area contributed by atoms with E-state index in [1.165, 1.54) is 6.33 Å². The fourth-order valence-electron chi connectivity index (χ4n) is 1.69. The van der Waals surface area contributed by atoms with Crippen LogP contribution in [-0.2, 0) is 0 Å². The number of ether oxygens (including phenoxy) is 2. The predicted molar refractivity (Wildman–Crippen MR) is 70.8 cm³/mol. The van der Waals surface area contributed by atoms with Crippen molar-refractivity contribution >= 4 is 11.6 Å². The summed E-state index contributed by atoms with van der Waals surface area (Å²) >= 11 is 0. The summed E-state index contributed by atoms with van der Waals surface area (Å²) in [4.78, 5) is 18.8. The van der Waals surface area contributed by atoms with Crippen LogP contribution >= 0.6 is 0 Å². The van der Waals surface area contributed by atoms with Gasteiger partial charge in [0.2, 0.25) is 0 Å². The Morgan fingerprint density at radius 1 is 1.26 bits per heavy atom. The number of amides is 1. The Balaban J connectivity index is 2.20. The topological polar surface area (TPSA) is 76.2 Å². The van der Waals surface area contributed by atoms with Crippen LogP contribution in [0.4, 0.5) is 5.69 Å². The Bertz CT molecular complexity index is 593. The van der Waals surface area contributed by atoms with E-state index in [9.17, 15) is 4.79 Å². The van der Waals surface area contributed by atoms with Crippen molar-refractivity contribution in [1.82, 2.24) is 9.97 Å². The number of nitrogens with zero attached hydrogens (tertiary/aromatic N) is 1. The second-order valence-corrected chi connectivity index (χ2v) is 3.90. The molecule has 0 spiro atoms. The molecule has 6 heteroatoms. The summed E-state index contributed by atoms with van der Waals surface area (Å²) in [5.74, 6) is 0.890. The number of aromatic nitrogens is 2. The number of anilines is 1. The Kier molecular flexibility index (Phi) is 3.70. The molecule has 0 unspecified atom stereocenters. The first kappa shape index (κ1) is 12.9. The lowest BCUT2D eigenvalue weighted by Gasteiger charge is -2.10. The summed E-state index contributed by atoms with van der Waals surface area (Å²) in [5.41, 5.74) is 1.71. The first-order valence-electron chi connectivity index (χ1n) is 5.69. The fourth-order valence-corrected chi connectivity index (χ4v) is 1.69. The second kappa shape index (κ2) is 5.43. The largest absolute Gasteiger partial charge is 0.493 e. The molecule has 0 saturated carbocycles. The van der Waals surface area contributed by atoms with E-state index in [0.29, 0.717) is 22.9 Å². The maximum Gasteiger partial charge on any atom is 0.276 e. The first-order valence-corrected chi connectivity index (χ1v) is 5.69. The van der Waals surface area contributed by atoms with Gasteiger partial charge in [-0.15, -0.1) is 0 Å². The van der Waals surface area contributed by atoms with E-state index in [2.05, 4.69) is 15.3 Å². The zero-order valence-corrected chi connectivity index (χ0v) is 11.0. The lowest BCUT2D eigenvalue weighted by molar-refractivity contribution is 0.102. The summed E-state index contributed by atoms with van der Waals surface area (Å²) < 4.78 is 10.3. The molecule has 2 N–H and O–H groups in total. The summed E-state index contributed by atoms with van der Waals surface area (Å²) in [7, 11) is 3.10. The number of aryl methyl sites for hydroxylation is 1. The molecule has 0 aliphatic heterocycles. The summed E-state index contributed by atoms with van der Waals surface area (Å²) in [6.45, 7) is 1.79. The number of carbonyl (C=O) groups is 1. The van der Waals surface area contributed by atoms with Crippen molar-refractivity contribution in [2.24, 2.45) is 0 Å². The van der Waals surface area contributed by atoms with Crippen LogP contribution in [-0.4, -0.2) is 30.1 Å². The average Bonchev–Trinajstić information content (AvgIpc) is 2.85. The molecule has 2 aromatic rings. The molecule has 1 aromatic heterocycles. The van der Waals surface area contributed by atoms with Gasteiger partial charge in [-0.25, -0.2) is 4.98 Å². The Morgan fingerprint density at radius 3 is 2.58 bits per heavy atom. The first-order chi connectivity index (χ1) is 9.15. The Morgan fingerprint density at radius 2 is 2.00 bits per heavy atom. The van der Waals surface area contributed by atoms with Gasteiger partial charge in [0.15, 0.2) is 11.5 Å². The van der Waals surface area contributed by atoms with Crippen LogP contribution in [0.5, 0.6) is 11.5 Å². The van der Waals surface area contributed by atoms with Crippen molar-refractivity contribution in [2.75, 3.05) is 19.5 Å². The van der Waals surface area contributed by atoms with Gasteiger partial charge in [-0.05, 0) is 19.1 Å². The molecule has 0 aliphatic rings. The number of hydrogen-bond acceptors (Lipinski definition) is 4. The summed E-state index contributed by atoms with van der Waals surface area (Å²) in [6.07, 6.45) is 1.48. The Labute approximate surface area is 110 Å². The summed E-state index contributed by atoms with van der Waals surface area (Å²) in [6, 6.07) is 5.16. The highest BCUT2D eigenvalue weighted by Crippen LogP contribution is 2.29. The van der Waals surface area contributed by atoms with Gasteiger partial charge in [-0.2, -0.15) is 0 Å². The number of hydrogen-bond donors (Lipinski definition) is 2. The van der Waals surface area contributed by atoms with E-state index >= 15 is 0 Å². The van der Waals surface area contributed by atoms with Gasteiger partial charge in [0.1, 0.15) is 5.69 Å². The van der Waals surface area contributed by atoms with Crippen molar-refractivity contribution in [2.45, 2.75) is 6.92 Å². The van der Waals surface area contributed by atoms with Gasteiger partial charge in [-0.1, -0.05) is 0 Å². The number of benzene rings is 1. The minimum Gasteiger partial charge on any atom is -0.493 e. The smallest absolute Gasteiger partial charge is 0.276 e. The van der Waals surface area contributed by atoms with Crippen LogP contribution in [0.2, 0.25) is 0 Å². The monoisotopic (exact) mass is 261 g/mol. The number of imidazole rings is 1. The molecule has 0 fully saturated rings. The van der Waals surface area contributed by atoms with E-state index < -0.39 is 0 Å². The number of rotatable bonds is 4. The SMILES string of the molecule is COc1ccc(NC(=O)c2nc[nH]c2C)cc1OC. The van der Waals surface area contributed by atoms with Crippen LogP contribution in [0.25, 0.3) is 0 Å². The minimum absolute atomic E-state index is 0.272. The van der Waals surface area contributed by atoms with Gasteiger partial charge in [0.25, 0.3) is 5.91 Å². The quantitative estimate of drug-likeness (QED) is 0.882. The molecule has 0 saturated heterocycles. The predicted octanol–water partition coefficient (Wildman–Crippen LogP) is 1.99. The minimum atomic E-state index is -0.272. The van der Waals surface area contributed by atoms with Crippen LogP contribution in [0.1, 0.15) is 16.2 Å². The van der Waals surface area contributed by atoms with Crippen LogP contribution in [0.3, 0.4) is 0 Å². The normalized spacial score (nSPS) is 10.1. The third kappa shape index (κ3) is 2.67. The molecule has 6 nitrogen and oxygen atoms in total. The molecule has 0 radical (unpaired) electrons. The van der Waals surface area contributed by atoms with Crippen molar-refractivity contribution in [1.29, 1.82) is 0 Å². The van der Waals surface area contributed by atoms with Crippen molar-refractivity contribution in [3.63, 3.8) is 0 Å². The summed E-state index contributed by atoms with van der Waals surface area (Å²) in [5, 5.41) is 2.75. The third-order valence-corrected chi connectivity index (χ3v) is 2.69. The lowest BCUT2D eigenvalue weighted by Crippen LogP contribution is -2.13. The van der Waals surface area contributed by atoms with Gasteiger partial charge >= 0.3 is 0 Å². The fraction of sp³-hybridized carbons (Fsp3) is 0.231. The average molecular weight is 261 g/mol. The lowest BCUT2D eigenvalue weighted by atomic mass is 10.2. The molecule has 1 aromatic carbocycles. The van der Waals surface area contributed by atoms with Crippen molar-refractivity contribution in [3.05, 3.63) is 35.9 Å². The second-order valence-electron chi connectivity index (χ2n) is 3.90. The van der Waals surface area contributed by atoms with Crippen LogP contribution in [0.15, 0.2) is 24.5 Å². The van der Waals surface area contributed by atoms with Crippen LogP contribution < -0.4 is 14.8 Å². The van der Waals surface area contributed by atoms with Crippen LogP contribution in [0, 0.1) is 6.92 Å². The molecule has 1 amide bonds. The number of carbonyl (C=O) groups excluding carboxylic acids is 1. The molecule has 1 heterocycles. The van der Waals surface area contributed by atoms with Crippen molar-refractivity contribution in [3.8, 4) is 11.5 Å². The zero-order chi connectivity index (χ0) is 13.8. The zero-order valence-electron chi connectivity index (χ0n) is 11.0. The van der Waals surface area contributed by atoms with Gasteiger partial charge in [0, 0.05) is 17.4 Å². The van der Waals surface area contributed by atoms with E-state index in [1.807, 2.05) is 0 Å². The number of methoxy groups -OCH3 is 2. The maximum atomic E-state index is 12.0.